The molecule has 0 unspecified atom stereocenters. The molecule has 0 N–H and O–H groups in total. The predicted octanol–water partition coefficient (Wildman–Crippen LogP) is 2.23. The van der Waals surface area contributed by atoms with Crippen LogP contribution in [-0.4, -0.2) is 10.9 Å². The van der Waals surface area contributed by atoms with Crippen LogP contribution >= 0.6 is 0 Å². The fraction of sp³-hybridized carbons (Fsp3) is 0.250. The molecule has 2 heteroatoms. The van der Waals surface area contributed by atoms with Gasteiger partial charge in [0.2, 0.25) is 0 Å². The Morgan fingerprint density at radius 2 is 2.21 bits per heavy atom. The maximum absolute atomic E-state index is 10.5. The standard InChI is InChI=1S/C12H13NO/c1-9-3-4-11-10(5-6-14)8-13(2)12(11)7-9/h3-4,6-8H,5H2,1-2H3. The first-order chi connectivity index (χ1) is 6.72. The summed E-state index contributed by atoms with van der Waals surface area (Å²) >= 11 is 0. The van der Waals surface area contributed by atoms with Gasteiger partial charge in [0.25, 0.3) is 0 Å². The average molecular weight is 187 g/mol. The van der Waals surface area contributed by atoms with Crippen molar-refractivity contribution in [2.45, 2.75) is 13.3 Å². The van der Waals surface area contributed by atoms with E-state index < -0.39 is 0 Å². The number of aryl methyl sites for hydroxylation is 2. The van der Waals surface area contributed by atoms with Gasteiger partial charge in [-0.25, -0.2) is 0 Å². The molecule has 1 heterocycles. The summed E-state index contributed by atoms with van der Waals surface area (Å²) in [5.41, 5.74) is 3.55. The van der Waals surface area contributed by atoms with Crippen LogP contribution in [0.1, 0.15) is 11.1 Å². The van der Waals surface area contributed by atoms with E-state index in [0.717, 1.165) is 11.8 Å². The van der Waals surface area contributed by atoms with Gasteiger partial charge in [0.05, 0.1) is 0 Å². The second kappa shape index (κ2) is 3.29. The molecule has 0 saturated carbocycles. The SMILES string of the molecule is Cc1ccc2c(CC=O)cn(C)c2c1. The highest BCUT2D eigenvalue weighted by molar-refractivity contribution is 5.86. The summed E-state index contributed by atoms with van der Waals surface area (Å²) < 4.78 is 2.07. The quantitative estimate of drug-likeness (QED) is 0.661. The molecular weight excluding hydrogens is 174 g/mol. The van der Waals surface area contributed by atoms with Crippen LogP contribution in [-0.2, 0) is 18.3 Å². The summed E-state index contributed by atoms with van der Waals surface area (Å²) in [6.45, 7) is 2.08. The lowest BCUT2D eigenvalue weighted by atomic mass is 10.1. The minimum absolute atomic E-state index is 0.500. The molecule has 1 aromatic heterocycles. The first kappa shape index (κ1) is 9.00. The number of rotatable bonds is 2. The van der Waals surface area contributed by atoms with Gasteiger partial charge < -0.3 is 9.36 Å². The lowest BCUT2D eigenvalue weighted by molar-refractivity contribution is -0.107. The molecule has 2 nitrogen and oxygen atoms in total. The molecule has 2 aromatic rings. The lowest BCUT2D eigenvalue weighted by Gasteiger charge is -1.97. The molecule has 0 fully saturated rings. The molecule has 2 rings (SSSR count). The van der Waals surface area contributed by atoms with Gasteiger partial charge in [0, 0.05) is 30.6 Å². The number of aldehydes is 1. The Bertz CT molecular complexity index is 482. The average Bonchev–Trinajstić information content (AvgIpc) is 2.44. The zero-order valence-electron chi connectivity index (χ0n) is 8.45. The van der Waals surface area contributed by atoms with E-state index in [1.165, 1.54) is 16.5 Å². The minimum atomic E-state index is 0.500. The Balaban J connectivity index is 2.70. The van der Waals surface area contributed by atoms with Crippen LogP contribution < -0.4 is 0 Å². The first-order valence-corrected chi connectivity index (χ1v) is 4.70. The molecule has 0 bridgehead atoms. The third-order valence-corrected chi connectivity index (χ3v) is 2.53. The summed E-state index contributed by atoms with van der Waals surface area (Å²) in [5, 5.41) is 1.19. The normalized spacial score (nSPS) is 10.7. The van der Waals surface area contributed by atoms with Crippen LogP contribution in [0.4, 0.5) is 0 Å². The smallest absolute Gasteiger partial charge is 0.124 e. The van der Waals surface area contributed by atoms with Crippen molar-refractivity contribution >= 4 is 17.2 Å². The van der Waals surface area contributed by atoms with E-state index in [1.807, 2.05) is 13.2 Å². The van der Waals surface area contributed by atoms with Crippen LogP contribution in [0.2, 0.25) is 0 Å². The Hall–Kier alpha value is -1.57. The van der Waals surface area contributed by atoms with Gasteiger partial charge in [-0.15, -0.1) is 0 Å². The van der Waals surface area contributed by atoms with Crippen molar-refractivity contribution in [1.29, 1.82) is 0 Å². The maximum atomic E-state index is 10.5. The summed E-state index contributed by atoms with van der Waals surface area (Å²) in [5.74, 6) is 0. The number of aromatic nitrogens is 1. The Kier molecular flexibility index (Phi) is 2.12. The van der Waals surface area contributed by atoms with E-state index in [2.05, 4.69) is 29.7 Å². The largest absolute Gasteiger partial charge is 0.350 e. The third kappa shape index (κ3) is 1.33. The van der Waals surface area contributed by atoms with Gasteiger partial charge in [-0.05, 0) is 24.1 Å². The van der Waals surface area contributed by atoms with E-state index in [4.69, 9.17) is 0 Å². The van der Waals surface area contributed by atoms with Gasteiger partial charge in [-0.2, -0.15) is 0 Å². The van der Waals surface area contributed by atoms with Crippen molar-refractivity contribution in [1.82, 2.24) is 4.57 Å². The van der Waals surface area contributed by atoms with E-state index in [0.29, 0.717) is 6.42 Å². The second-order valence-corrected chi connectivity index (χ2v) is 3.66. The zero-order chi connectivity index (χ0) is 10.1. The second-order valence-electron chi connectivity index (χ2n) is 3.66. The highest BCUT2D eigenvalue weighted by Gasteiger charge is 2.05. The molecule has 0 aliphatic carbocycles. The van der Waals surface area contributed by atoms with Crippen molar-refractivity contribution in [3.8, 4) is 0 Å². The fourth-order valence-corrected chi connectivity index (χ4v) is 1.83. The summed E-state index contributed by atoms with van der Waals surface area (Å²) in [6.07, 6.45) is 3.48. The van der Waals surface area contributed by atoms with Gasteiger partial charge in [0.15, 0.2) is 0 Å². The topological polar surface area (TPSA) is 22.0 Å². The third-order valence-electron chi connectivity index (χ3n) is 2.53. The number of nitrogens with zero attached hydrogens (tertiary/aromatic N) is 1. The molecule has 0 aliphatic rings. The monoisotopic (exact) mass is 187 g/mol. The molecule has 0 atom stereocenters. The maximum Gasteiger partial charge on any atom is 0.124 e. The van der Waals surface area contributed by atoms with E-state index in [1.54, 1.807) is 0 Å². The van der Waals surface area contributed by atoms with Crippen molar-refractivity contribution in [3.63, 3.8) is 0 Å². The molecule has 0 spiro atoms. The molecule has 72 valence electrons. The number of carbonyl (C=O) groups is 1. The zero-order valence-corrected chi connectivity index (χ0v) is 8.45. The number of hydrogen-bond donors (Lipinski definition) is 0. The molecule has 1 aromatic carbocycles. The molecular formula is C12H13NO. The molecule has 14 heavy (non-hydrogen) atoms. The number of hydrogen-bond acceptors (Lipinski definition) is 1. The van der Waals surface area contributed by atoms with Gasteiger partial charge >= 0.3 is 0 Å². The minimum Gasteiger partial charge on any atom is -0.350 e. The van der Waals surface area contributed by atoms with Crippen molar-refractivity contribution in [2.75, 3.05) is 0 Å². The summed E-state index contributed by atoms with van der Waals surface area (Å²) in [4.78, 5) is 10.5. The highest BCUT2D eigenvalue weighted by atomic mass is 16.1. The molecule has 0 saturated heterocycles. The predicted molar refractivity (Wildman–Crippen MR) is 57.4 cm³/mol. The number of fused-ring (bicyclic) bond motifs is 1. The van der Waals surface area contributed by atoms with Gasteiger partial charge in [0.1, 0.15) is 6.29 Å². The van der Waals surface area contributed by atoms with E-state index in [9.17, 15) is 4.79 Å². The van der Waals surface area contributed by atoms with Gasteiger partial charge in [-0.3, -0.25) is 0 Å². The van der Waals surface area contributed by atoms with Crippen LogP contribution in [0.5, 0.6) is 0 Å². The van der Waals surface area contributed by atoms with Crippen molar-refractivity contribution in [3.05, 3.63) is 35.5 Å². The summed E-state index contributed by atoms with van der Waals surface area (Å²) in [6, 6.07) is 6.31. The molecule has 0 amide bonds. The Morgan fingerprint density at radius 1 is 1.43 bits per heavy atom. The Labute approximate surface area is 83.2 Å². The van der Waals surface area contributed by atoms with Crippen molar-refractivity contribution in [2.24, 2.45) is 7.05 Å². The fourth-order valence-electron chi connectivity index (χ4n) is 1.83. The number of benzene rings is 1. The highest BCUT2D eigenvalue weighted by Crippen LogP contribution is 2.21. The van der Waals surface area contributed by atoms with E-state index in [-0.39, 0.29) is 0 Å². The van der Waals surface area contributed by atoms with E-state index >= 15 is 0 Å². The van der Waals surface area contributed by atoms with Crippen LogP contribution in [0.3, 0.4) is 0 Å². The van der Waals surface area contributed by atoms with Crippen LogP contribution in [0.25, 0.3) is 10.9 Å². The van der Waals surface area contributed by atoms with Crippen LogP contribution in [0, 0.1) is 6.92 Å². The molecule has 0 radical (unpaired) electrons. The van der Waals surface area contributed by atoms with Gasteiger partial charge in [-0.1, -0.05) is 12.1 Å². The van der Waals surface area contributed by atoms with Crippen LogP contribution in [0.15, 0.2) is 24.4 Å². The lowest BCUT2D eigenvalue weighted by Crippen LogP contribution is -1.83. The first-order valence-electron chi connectivity index (χ1n) is 4.70. The number of carbonyl (C=O) groups excluding carboxylic acids is 1. The van der Waals surface area contributed by atoms with Crippen molar-refractivity contribution < 1.29 is 4.79 Å². The molecule has 0 aliphatic heterocycles. The Morgan fingerprint density at radius 3 is 2.93 bits per heavy atom. The summed E-state index contributed by atoms with van der Waals surface area (Å²) in [7, 11) is 2.01.